The summed E-state index contributed by atoms with van der Waals surface area (Å²) in [7, 11) is 0. The quantitative estimate of drug-likeness (QED) is 0.738. The van der Waals surface area contributed by atoms with Gasteiger partial charge in [-0.25, -0.2) is 4.79 Å². The average molecular weight is 277 g/mol. The number of aromatic carboxylic acids is 1. The molecule has 0 saturated heterocycles. The summed E-state index contributed by atoms with van der Waals surface area (Å²) >= 11 is 0. The third-order valence-electron chi connectivity index (χ3n) is 3.71. The van der Waals surface area contributed by atoms with E-state index in [4.69, 9.17) is 5.11 Å². The SMILES string of the molecule is O=C(CC1CCCCC1)Nc1ccc(O)c(C(=O)O)c1. The lowest BCUT2D eigenvalue weighted by Crippen LogP contribution is -2.18. The molecule has 1 aromatic rings. The zero-order chi connectivity index (χ0) is 14.5. The van der Waals surface area contributed by atoms with Gasteiger partial charge >= 0.3 is 5.97 Å². The molecule has 2 rings (SSSR count). The van der Waals surface area contributed by atoms with Gasteiger partial charge in [-0.3, -0.25) is 4.79 Å². The number of anilines is 1. The molecule has 1 aliphatic carbocycles. The zero-order valence-corrected chi connectivity index (χ0v) is 11.3. The van der Waals surface area contributed by atoms with Gasteiger partial charge in [0.15, 0.2) is 0 Å². The van der Waals surface area contributed by atoms with Crippen molar-refractivity contribution in [3.63, 3.8) is 0 Å². The monoisotopic (exact) mass is 277 g/mol. The summed E-state index contributed by atoms with van der Waals surface area (Å²) in [6.45, 7) is 0. The molecular weight excluding hydrogens is 258 g/mol. The first-order chi connectivity index (χ1) is 9.56. The Balaban J connectivity index is 1.96. The largest absolute Gasteiger partial charge is 0.507 e. The molecule has 1 aromatic carbocycles. The minimum absolute atomic E-state index is 0.0982. The van der Waals surface area contributed by atoms with Crippen LogP contribution in [-0.4, -0.2) is 22.1 Å². The fourth-order valence-electron chi connectivity index (χ4n) is 2.65. The maximum atomic E-state index is 11.9. The van der Waals surface area contributed by atoms with Crippen LogP contribution in [-0.2, 0) is 4.79 Å². The Bertz CT molecular complexity index is 507. The molecule has 1 saturated carbocycles. The Labute approximate surface area is 117 Å². The average Bonchev–Trinajstić information content (AvgIpc) is 2.41. The number of nitrogens with one attached hydrogen (secondary N) is 1. The Hall–Kier alpha value is -2.04. The van der Waals surface area contributed by atoms with E-state index < -0.39 is 5.97 Å². The number of carbonyl (C=O) groups is 2. The Kier molecular flexibility index (Phi) is 4.61. The van der Waals surface area contributed by atoms with Crippen LogP contribution in [0.2, 0.25) is 0 Å². The van der Waals surface area contributed by atoms with Crippen molar-refractivity contribution < 1.29 is 19.8 Å². The molecule has 108 valence electrons. The number of hydrogen-bond acceptors (Lipinski definition) is 3. The van der Waals surface area contributed by atoms with Gasteiger partial charge in [0.1, 0.15) is 11.3 Å². The first-order valence-electron chi connectivity index (χ1n) is 6.92. The lowest BCUT2D eigenvalue weighted by molar-refractivity contribution is -0.117. The molecular formula is C15H19NO4. The van der Waals surface area contributed by atoms with Crippen molar-refractivity contribution in [2.75, 3.05) is 5.32 Å². The second-order valence-corrected chi connectivity index (χ2v) is 5.29. The Morgan fingerprint density at radius 1 is 1.20 bits per heavy atom. The van der Waals surface area contributed by atoms with Gasteiger partial charge < -0.3 is 15.5 Å². The predicted octanol–water partition coefficient (Wildman–Crippen LogP) is 3.00. The third-order valence-corrected chi connectivity index (χ3v) is 3.71. The van der Waals surface area contributed by atoms with E-state index >= 15 is 0 Å². The van der Waals surface area contributed by atoms with E-state index in [9.17, 15) is 14.7 Å². The molecule has 0 unspecified atom stereocenters. The summed E-state index contributed by atoms with van der Waals surface area (Å²) in [4.78, 5) is 22.8. The number of rotatable bonds is 4. The number of benzene rings is 1. The summed E-state index contributed by atoms with van der Waals surface area (Å²) in [5.74, 6) is -1.19. The molecule has 0 aliphatic heterocycles. The highest BCUT2D eigenvalue weighted by Crippen LogP contribution is 2.27. The van der Waals surface area contributed by atoms with Crippen molar-refractivity contribution in [3.8, 4) is 5.75 Å². The molecule has 1 fully saturated rings. The van der Waals surface area contributed by atoms with Crippen LogP contribution >= 0.6 is 0 Å². The second kappa shape index (κ2) is 6.41. The van der Waals surface area contributed by atoms with Crippen LogP contribution in [0.15, 0.2) is 18.2 Å². The molecule has 0 bridgehead atoms. The van der Waals surface area contributed by atoms with Gasteiger partial charge in [-0.2, -0.15) is 0 Å². The van der Waals surface area contributed by atoms with Crippen LogP contribution in [0, 0.1) is 5.92 Å². The highest BCUT2D eigenvalue weighted by atomic mass is 16.4. The van der Waals surface area contributed by atoms with Gasteiger partial charge in [0, 0.05) is 12.1 Å². The molecule has 1 aliphatic rings. The fraction of sp³-hybridized carbons (Fsp3) is 0.467. The highest BCUT2D eigenvalue weighted by Gasteiger charge is 2.17. The third kappa shape index (κ3) is 3.73. The van der Waals surface area contributed by atoms with E-state index in [-0.39, 0.29) is 17.2 Å². The zero-order valence-electron chi connectivity index (χ0n) is 11.3. The number of amides is 1. The summed E-state index contributed by atoms with van der Waals surface area (Å²) in [6.07, 6.45) is 6.26. The van der Waals surface area contributed by atoms with Crippen molar-refractivity contribution in [1.29, 1.82) is 0 Å². The summed E-state index contributed by atoms with van der Waals surface area (Å²) in [5, 5.41) is 21.0. The molecule has 0 aromatic heterocycles. The Morgan fingerprint density at radius 2 is 1.90 bits per heavy atom. The van der Waals surface area contributed by atoms with Crippen LogP contribution in [0.4, 0.5) is 5.69 Å². The van der Waals surface area contributed by atoms with E-state index in [1.807, 2.05) is 0 Å². The number of carbonyl (C=O) groups excluding carboxylic acids is 1. The summed E-state index contributed by atoms with van der Waals surface area (Å²) in [5.41, 5.74) is 0.196. The van der Waals surface area contributed by atoms with Crippen LogP contribution in [0.1, 0.15) is 48.9 Å². The van der Waals surface area contributed by atoms with E-state index in [1.54, 1.807) is 0 Å². The number of hydrogen-bond donors (Lipinski definition) is 3. The van der Waals surface area contributed by atoms with Gasteiger partial charge in [-0.1, -0.05) is 19.3 Å². The first kappa shape index (κ1) is 14.4. The normalized spacial score (nSPS) is 15.8. The highest BCUT2D eigenvalue weighted by molar-refractivity contribution is 5.95. The van der Waals surface area contributed by atoms with Crippen molar-refractivity contribution in [2.24, 2.45) is 5.92 Å². The minimum Gasteiger partial charge on any atom is -0.507 e. The second-order valence-electron chi connectivity index (χ2n) is 5.29. The number of phenols is 1. The topological polar surface area (TPSA) is 86.6 Å². The molecule has 3 N–H and O–H groups in total. The summed E-state index contributed by atoms with van der Waals surface area (Å²) < 4.78 is 0. The molecule has 0 spiro atoms. The maximum Gasteiger partial charge on any atom is 0.339 e. The van der Waals surface area contributed by atoms with Gasteiger partial charge in [0.05, 0.1) is 0 Å². The minimum atomic E-state index is -1.22. The van der Waals surface area contributed by atoms with Crippen LogP contribution in [0.5, 0.6) is 5.75 Å². The standard InChI is InChI=1S/C15H19NO4/c17-13-7-6-11(9-12(13)15(19)20)16-14(18)8-10-4-2-1-3-5-10/h6-7,9-10,17H,1-5,8H2,(H,16,18)(H,19,20). The molecule has 0 heterocycles. The van der Waals surface area contributed by atoms with Crippen LogP contribution in [0.25, 0.3) is 0 Å². The van der Waals surface area contributed by atoms with Gasteiger partial charge in [-0.15, -0.1) is 0 Å². The Morgan fingerprint density at radius 3 is 2.55 bits per heavy atom. The molecule has 5 nitrogen and oxygen atoms in total. The van der Waals surface area contributed by atoms with Gasteiger partial charge in [-0.05, 0) is 37.0 Å². The van der Waals surface area contributed by atoms with E-state index in [2.05, 4.69) is 5.32 Å². The van der Waals surface area contributed by atoms with Crippen molar-refractivity contribution in [1.82, 2.24) is 0 Å². The van der Waals surface area contributed by atoms with Crippen LogP contribution < -0.4 is 5.32 Å². The van der Waals surface area contributed by atoms with E-state index in [1.165, 1.54) is 37.5 Å². The lowest BCUT2D eigenvalue weighted by atomic mass is 9.87. The van der Waals surface area contributed by atoms with E-state index in [0.717, 1.165) is 12.8 Å². The van der Waals surface area contributed by atoms with Gasteiger partial charge in [0.25, 0.3) is 0 Å². The number of carboxylic acid groups (broad SMARTS) is 1. The predicted molar refractivity (Wildman–Crippen MR) is 74.9 cm³/mol. The smallest absolute Gasteiger partial charge is 0.339 e. The number of carboxylic acids is 1. The van der Waals surface area contributed by atoms with Crippen LogP contribution in [0.3, 0.4) is 0 Å². The maximum absolute atomic E-state index is 11.9. The van der Waals surface area contributed by atoms with Crippen molar-refractivity contribution >= 4 is 17.6 Å². The summed E-state index contributed by atoms with van der Waals surface area (Å²) in [6, 6.07) is 4.05. The van der Waals surface area contributed by atoms with E-state index in [0.29, 0.717) is 18.0 Å². The molecule has 20 heavy (non-hydrogen) atoms. The molecule has 1 amide bonds. The molecule has 0 radical (unpaired) electrons. The van der Waals surface area contributed by atoms with Crippen molar-refractivity contribution in [3.05, 3.63) is 23.8 Å². The fourth-order valence-corrected chi connectivity index (χ4v) is 2.65. The molecule has 0 atom stereocenters. The number of aromatic hydroxyl groups is 1. The molecule has 5 heteroatoms. The lowest BCUT2D eigenvalue weighted by Gasteiger charge is -2.20. The first-order valence-corrected chi connectivity index (χ1v) is 6.92. The van der Waals surface area contributed by atoms with Gasteiger partial charge in [0.2, 0.25) is 5.91 Å². The van der Waals surface area contributed by atoms with Crippen molar-refractivity contribution in [2.45, 2.75) is 38.5 Å².